The van der Waals surface area contributed by atoms with Crippen LogP contribution in [-0.2, 0) is 9.53 Å². The Morgan fingerprint density at radius 2 is 2.04 bits per heavy atom. The number of ether oxygens (including phenoxy) is 1. The normalized spacial score (nSPS) is 16.2. The number of nitrogens with zero attached hydrogens (tertiary/aromatic N) is 1. The lowest BCUT2D eigenvalue weighted by Crippen LogP contribution is -2.29. The van der Waals surface area contributed by atoms with E-state index in [0.29, 0.717) is 28.1 Å². The largest absolute Gasteiger partial charge is 0.457 e. The van der Waals surface area contributed by atoms with Crippen molar-refractivity contribution in [2.45, 2.75) is 6.42 Å². The lowest BCUT2D eigenvalue weighted by Gasteiger charge is -2.13. The van der Waals surface area contributed by atoms with Gasteiger partial charge in [0.25, 0.3) is 5.91 Å². The maximum atomic E-state index is 12.5. The number of thiocarbonyl (C=S) groups is 1. The number of thioether (sulfide) groups is 1. The van der Waals surface area contributed by atoms with Crippen molar-refractivity contribution in [1.82, 2.24) is 4.90 Å². The lowest BCUT2D eigenvalue weighted by molar-refractivity contribution is -0.122. The van der Waals surface area contributed by atoms with Crippen LogP contribution < -0.4 is 0 Å². The summed E-state index contributed by atoms with van der Waals surface area (Å²) in [6.07, 6.45) is 2.50. The summed E-state index contributed by atoms with van der Waals surface area (Å²) in [7, 11) is 1.64. The third-order valence-corrected chi connectivity index (χ3v) is 5.54. The van der Waals surface area contributed by atoms with Crippen molar-refractivity contribution in [2.75, 3.05) is 20.3 Å². The smallest absolute Gasteiger partial charge is 0.266 e. The van der Waals surface area contributed by atoms with Crippen LogP contribution in [-0.4, -0.2) is 35.4 Å². The van der Waals surface area contributed by atoms with E-state index in [9.17, 15) is 4.79 Å². The second-order valence-electron chi connectivity index (χ2n) is 5.39. The van der Waals surface area contributed by atoms with Crippen molar-refractivity contribution >= 4 is 56.2 Å². The number of rotatable bonds is 6. The highest BCUT2D eigenvalue weighted by Crippen LogP contribution is 2.33. The Morgan fingerprint density at radius 1 is 1.28 bits per heavy atom. The molecule has 7 heteroatoms. The van der Waals surface area contributed by atoms with Crippen molar-refractivity contribution in [1.29, 1.82) is 0 Å². The number of benzene rings is 1. The number of furan rings is 1. The predicted octanol–water partition coefficient (Wildman–Crippen LogP) is 4.95. The number of carbonyl (C=O) groups is 1. The second-order valence-corrected chi connectivity index (χ2v) is 7.98. The van der Waals surface area contributed by atoms with E-state index in [2.05, 4.69) is 15.9 Å². The van der Waals surface area contributed by atoms with Crippen LogP contribution in [0, 0.1) is 0 Å². The monoisotopic (exact) mass is 437 g/mol. The molecule has 4 nitrogen and oxygen atoms in total. The third kappa shape index (κ3) is 4.41. The van der Waals surface area contributed by atoms with Crippen LogP contribution in [0.25, 0.3) is 17.4 Å². The fourth-order valence-corrected chi connectivity index (χ4v) is 3.94. The van der Waals surface area contributed by atoms with Crippen LogP contribution >= 0.6 is 39.9 Å². The molecule has 0 atom stereocenters. The molecule has 1 fully saturated rings. The fraction of sp³-hybridized carbons (Fsp3) is 0.222. The number of hydrogen-bond acceptors (Lipinski definition) is 5. The zero-order valence-corrected chi connectivity index (χ0v) is 16.7. The molecular formula is C18H16BrNO3S2. The van der Waals surface area contributed by atoms with Crippen molar-refractivity contribution in [2.24, 2.45) is 0 Å². The average molecular weight is 438 g/mol. The van der Waals surface area contributed by atoms with Gasteiger partial charge in [-0.3, -0.25) is 9.69 Å². The summed E-state index contributed by atoms with van der Waals surface area (Å²) in [6, 6.07) is 11.6. The molecule has 0 N–H and O–H groups in total. The number of amides is 1. The Kier molecular flexibility index (Phi) is 6.11. The molecule has 1 aromatic heterocycles. The van der Waals surface area contributed by atoms with Crippen LogP contribution in [0.3, 0.4) is 0 Å². The molecule has 130 valence electrons. The van der Waals surface area contributed by atoms with Crippen molar-refractivity contribution in [3.05, 3.63) is 51.5 Å². The topological polar surface area (TPSA) is 42.7 Å². The first-order valence-corrected chi connectivity index (χ1v) is 9.70. The van der Waals surface area contributed by atoms with E-state index in [-0.39, 0.29) is 5.91 Å². The van der Waals surface area contributed by atoms with Gasteiger partial charge in [-0.2, -0.15) is 0 Å². The summed E-state index contributed by atoms with van der Waals surface area (Å²) in [4.78, 5) is 14.7. The molecule has 0 unspecified atom stereocenters. The number of methoxy groups -OCH3 is 1. The van der Waals surface area contributed by atoms with E-state index in [1.165, 1.54) is 11.8 Å². The van der Waals surface area contributed by atoms with E-state index < -0.39 is 0 Å². The number of hydrogen-bond donors (Lipinski definition) is 0. The van der Waals surface area contributed by atoms with Crippen LogP contribution in [0.1, 0.15) is 12.2 Å². The molecule has 0 aliphatic carbocycles. The molecule has 0 saturated carbocycles. The quantitative estimate of drug-likeness (QED) is 0.363. The van der Waals surface area contributed by atoms with Gasteiger partial charge in [-0.15, -0.1) is 0 Å². The molecule has 3 rings (SSSR count). The van der Waals surface area contributed by atoms with E-state index in [1.807, 2.05) is 36.4 Å². The molecule has 0 spiro atoms. The summed E-state index contributed by atoms with van der Waals surface area (Å²) in [5.41, 5.74) is 0.981. The van der Waals surface area contributed by atoms with Crippen molar-refractivity contribution in [3.8, 4) is 11.3 Å². The SMILES string of the molecule is COCCCN1C(=O)/C(=C/c2ccc(-c3ccc(Br)cc3)o2)SC1=S. The Bertz CT molecular complexity index is 814. The first-order chi connectivity index (χ1) is 12.1. The van der Waals surface area contributed by atoms with Gasteiger partial charge in [0.2, 0.25) is 0 Å². The molecule has 1 aromatic carbocycles. The minimum Gasteiger partial charge on any atom is -0.457 e. The minimum absolute atomic E-state index is 0.0762. The second kappa shape index (κ2) is 8.31. The van der Waals surface area contributed by atoms with Crippen LogP contribution in [0.2, 0.25) is 0 Å². The Hall–Kier alpha value is -1.41. The molecule has 1 amide bonds. The van der Waals surface area contributed by atoms with Gasteiger partial charge in [-0.1, -0.05) is 52.0 Å². The molecule has 2 aromatic rings. The minimum atomic E-state index is -0.0762. The molecule has 1 saturated heterocycles. The Morgan fingerprint density at radius 3 is 2.76 bits per heavy atom. The van der Waals surface area contributed by atoms with E-state index in [0.717, 1.165) is 22.2 Å². The average Bonchev–Trinajstić information content (AvgIpc) is 3.16. The fourth-order valence-electron chi connectivity index (χ4n) is 2.39. The van der Waals surface area contributed by atoms with Gasteiger partial charge < -0.3 is 9.15 Å². The van der Waals surface area contributed by atoms with Crippen molar-refractivity contribution in [3.63, 3.8) is 0 Å². The molecule has 25 heavy (non-hydrogen) atoms. The maximum Gasteiger partial charge on any atom is 0.266 e. The number of carbonyl (C=O) groups excluding carboxylic acids is 1. The summed E-state index contributed by atoms with van der Waals surface area (Å²) in [6.45, 7) is 1.17. The van der Waals surface area contributed by atoms with Gasteiger partial charge >= 0.3 is 0 Å². The van der Waals surface area contributed by atoms with E-state index >= 15 is 0 Å². The van der Waals surface area contributed by atoms with E-state index in [1.54, 1.807) is 18.1 Å². The van der Waals surface area contributed by atoms with Gasteiger partial charge in [-0.25, -0.2) is 0 Å². The molecule has 0 bridgehead atoms. The number of halogens is 1. The highest BCUT2D eigenvalue weighted by Gasteiger charge is 2.31. The summed E-state index contributed by atoms with van der Waals surface area (Å²) >= 11 is 10.0. The molecule has 2 heterocycles. The van der Waals surface area contributed by atoms with Crippen LogP contribution in [0.5, 0.6) is 0 Å². The molecule has 1 aliphatic rings. The molecule has 0 radical (unpaired) electrons. The van der Waals surface area contributed by atoms with Crippen molar-refractivity contribution < 1.29 is 13.9 Å². The summed E-state index contributed by atoms with van der Waals surface area (Å²) in [5, 5.41) is 0. The highest BCUT2D eigenvalue weighted by atomic mass is 79.9. The first-order valence-electron chi connectivity index (χ1n) is 7.68. The van der Waals surface area contributed by atoms with Gasteiger partial charge in [0.15, 0.2) is 0 Å². The third-order valence-electron chi connectivity index (χ3n) is 3.63. The lowest BCUT2D eigenvalue weighted by atomic mass is 10.2. The van der Waals surface area contributed by atoms with E-state index in [4.69, 9.17) is 21.4 Å². The Labute approximate surface area is 164 Å². The highest BCUT2D eigenvalue weighted by molar-refractivity contribution is 9.10. The van der Waals surface area contributed by atoms with Crippen LogP contribution in [0.4, 0.5) is 0 Å². The van der Waals surface area contributed by atoms with Gasteiger partial charge in [-0.05, 0) is 30.7 Å². The van der Waals surface area contributed by atoms with Gasteiger partial charge in [0.05, 0.1) is 4.91 Å². The summed E-state index contributed by atoms with van der Waals surface area (Å²) < 4.78 is 12.5. The summed E-state index contributed by atoms with van der Waals surface area (Å²) in [5.74, 6) is 1.32. The van der Waals surface area contributed by atoms with Crippen LogP contribution in [0.15, 0.2) is 50.2 Å². The Balaban J connectivity index is 1.74. The molecule has 1 aliphatic heterocycles. The molecular weight excluding hydrogens is 422 g/mol. The zero-order valence-electron chi connectivity index (χ0n) is 13.5. The zero-order chi connectivity index (χ0) is 17.8. The predicted molar refractivity (Wildman–Crippen MR) is 108 cm³/mol. The maximum absolute atomic E-state index is 12.5. The van der Waals surface area contributed by atoms with Gasteiger partial charge in [0, 0.05) is 36.4 Å². The first kappa shape index (κ1) is 18.4. The van der Waals surface area contributed by atoms with Gasteiger partial charge in [0.1, 0.15) is 15.8 Å². The standard InChI is InChI=1S/C18H16BrNO3S2/c1-22-10-2-9-20-17(21)16(25-18(20)24)11-14-7-8-15(23-14)12-3-5-13(19)6-4-12/h3-8,11H,2,9-10H2,1H3/b16-11-.